The van der Waals surface area contributed by atoms with Crippen LogP contribution >= 0.6 is 0 Å². The first-order chi connectivity index (χ1) is 40.4. The summed E-state index contributed by atoms with van der Waals surface area (Å²) in [7, 11) is 0. The molecule has 25 heteroatoms. The number of aromatic hydroxyl groups is 1. The van der Waals surface area contributed by atoms with Crippen molar-refractivity contribution in [2.75, 3.05) is 13.2 Å². The van der Waals surface area contributed by atoms with Gasteiger partial charge in [0.25, 0.3) is 0 Å². The minimum Gasteiger partial charge on any atom is -0.508 e. The van der Waals surface area contributed by atoms with E-state index in [1.165, 1.54) is 24.3 Å². The van der Waals surface area contributed by atoms with Crippen molar-refractivity contribution in [2.24, 2.45) is 29.2 Å². The number of unbranched alkanes of at least 4 members (excludes halogenated alkanes) is 1. The predicted octanol–water partition coefficient (Wildman–Crippen LogP) is 0.926. The summed E-state index contributed by atoms with van der Waals surface area (Å²) < 4.78 is 0. The number of phenols is 1. The highest BCUT2D eigenvalue weighted by Gasteiger charge is 2.37. The van der Waals surface area contributed by atoms with E-state index >= 15 is 0 Å². The number of aliphatic carboxylic acids is 2. The number of carbonyl (C=O) groups is 10. The fourth-order valence-corrected chi connectivity index (χ4v) is 9.28. The smallest absolute Gasteiger partial charge is 0.326 e. The number of nitrogens with one attached hydrogen (secondary N) is 9. The molecular weight excluding hydrogens is 1100 g/mol. The fourth-order valence-electron chi connectivity index (χ4n) is 9.28. The Bertz CT molecular complexity index is 2890. The number of hydrogen-bond acceptors (Lipinski definition) is 14. The molecule has 0 radical (unpaired) electrons. The molecule has 1 heterocycles. The summed E-state index contributed by atoms with van der Waals surface area (Å²) in [5, 5.41) is 61.5. The number of aromatic amines is 1. The number of carboxylic acids is 2. The van der Waals surface area contributed by atoms with Crippen molar-refractivity contribution in [1.82, 2.24) is 47.5 Å². The first-order valence-electron chi connectivity index (χ1n) is 28.7. The first kappa shape index (κ1) is 69.1. The molecule has 25 nitrogen and oxygen atoms in total. The largest absolute Gasteiger partial charge is 0.508 e. The Labute approximate surface area is 494 Å². The highest BCUT2D eigenvalue weighted by Crippen LogP contribution is 2.20. The predicted molar refractivity (Wildman–Crippen MR) is 316 cm³/mol. The maximum Gasteiger partial charge on any atom is 0.326 e. The van der Waals surface area contributed by atoms with Gasteiger partial charge in [-0.2, -0.15) is 0 Å². The van der Waals surface area contributed by atoms with Crippen LogP contribution in [0.5, 0.6) is 5.75 Å². The topological polar surface area (TPSA) is 416 Å². The van der Waals surface area contributed by atoms with Gasteiger partial charge in [0.15, 0.2) is 0 Å². The number of phenolic OH excluding ortho intramolecular Hbond substituents is 1. The van der Waals surface area contributed by atoms with Crippen LogP contribution in [0, 0.1) is 17.8 Å². The van der Waals surface area contributed by atoms with Gasteiger partial charge in [-0.25, -0.2) is 4.79 Å². The van der Waals surface area contributed by atoms with E-state index in [-0.39, 0.29) is 44.4 Å². The third-order valence-electron chi connectivity index (χ3n) is 14.9. The molecule has 17 N–H and O–H groups in total. The average molecular weight is 1180 g/mol. The van der Waals surface area contributed by atoms with Gasteiger partial charge >= 0.3 is 11.9 Å². The zero-order chi connectivity index (χ0) is 62.9. The number of H-pyrrole nitrogens is 1. The van der Waals surface area contributed by atoms with E-state index in [0.717, 1.165) is 16.5 Å². The first-order valence-corrected chi connectivity index (χ1v) is 28.7. The molecule has 1 aromatic heterocycles. The Kier molecular flexibility index (Phi) is 27.9. The summed E-state index contributed by atoms with van der Waals surface area (Å²) in [5.41, 5.74) is 14.8. The third-order valence-corrected chi connectivity index (χ3v) is 14.9. The lowest BCUT2D eigenvalue weighted by Gasteiger charge is -2.30. The van der Waals surface area contributed by atoms with Gasteiger partial charge in [-0.1, -0.05) is 115 Å². The summed E-state index contributed by atoms with van der Waals surface area (Å²) >= 11 is 0. The van der Waals surface area contributed by atoms with E-state index in [1.807, 2.05) is 24.3 Å². The lowest BCUT2D eigenvalue weighted by atomic mass is 9.96. The number of benzene rings is 3. The third kappa shape index (κ3) is 21.6. The van der Waals surface area contributed by atoms with Gasteiger partial charge in [0.1, 0.15) is 54.1 Å². The number of aliphatic hydroxyl groups is 1. The van der Waals surface area contributed by atoms with Crippen LogP contribution in [0.3, 0.4) is 0 Å². The summed E-state index contributed by atoms with van der Waals surface area (Å²) in [6.07, 6.45) is 1.71. The normalized spacial score (nSPS) is 15.2. The molecule has 4 rings (SSSR count). The molecule has 0 aliphatic heterocycles. The van der Waals surface area contributed by atoms with Crippen molar-refractivity contribution in [2.45, 2.75) is 160 Å². The summed E-state index contributed by atoms with van der Waals surface area (Å²) in [4.78, 5) is 140. The average Bonchev–Trinajstić information content (AvgIpc) is 4.01. The molecule has 464 valence electrons. The van der Waals surface area contributed by atoms with Crippen LogP contribution in [0.1, 0.15) is 103 Å². The Morgan fingerprint density at radius 2 is 0.976 bits per heavy atom. The summed E-state index contributed by atoms with van der Waals surface area (Å²) in [5.74, 6) is -11.4. The second kappa shape index (κ2) is 34.4. The molecule has 0 unspecified atom stereocenters. The van der Waals surface area contributed by atoms with E-state index in [0.29, 0.717) is 30.4 Å². The van der Waals surface area contributed by atoms with Crippen LogP contribution in [0.2, 0.25) is 0 Å². The van der Waals surface area contributed by atoms with E-state index in [4.69, 9.17) is 11.5 Å². The lowest BCUT2D eigenvalue weighted by Crippen LogP contribution is -2.62. The van der Waals surface area contributed by atoms with Gasteiger partial charge in [0.2, 0.25) is 47.3 Å². The Morgan fingerprint density at radius 1 is 0.518 bits per heavy atom. The second-order valence-corrected chi connectivity index (χ2v) is 21.7. The SMILES string of the molecule is CC[C@H](C)[C@H](NC(=O)[C@H](CCCCN)NC(=O)[C@H](CCC(=O)O)NC(=O)[C@H](CO)NC(=O)[C@@H](NC(=O)[C@@H](N)Cc1c[nH]c2ccccc12)[C@@H](C)CC)C(=O)N[C@@H](Cc1ccccc1)C(=O)N[C@@H](Cc1ccc(O)cc1)C(=O)N[C@H](C(=O)O)C(C)C. The monoisotopic (exact) mass is 1180 g/mol. The standard InChI is InChI=1S/C60H85N11O14/c1-7-34(5)50(70-52(76)41(62)30-38-31-63-42-19-13-12-18-40(38)42)59(83)68-47(32-72)57(81)65-44(25-26-48(74)75)53(77)64-43(20-14-15-27-61)54(78)71-51(35(6)8-2)58(82)67-45(28-36-16-10-9-11-17-36)55(79)66-46(29-37-21-23-39(73)24-22-37)56(80)69-49(33(3)4)60(84)85/h9-13,16-19,21-24,31,33-35,41,43-47,49-51,63,72-73H,7-8,14-15,20,25-30,32,61-62H2,1-6H3,(H,64,77)(H,65,81)(H,66,79)(H,67,82)(H,68,83)(H,69,80)(H,70,76)(H,71,78)(H,74,75)(H,84,85)/t34-,35-,41-,43-,44-,45-,46-,47-,49-,50-,51-/m0/s1. The number of nitrogens with two attached hydrogens (primary N) is 2. The molecule has 0 spiro atoms. The molecule has 0 aliphatic carbocycles. The van der Waals surface area contributed by atoms with Crippen LogP contribution in [0.4, 0.5) is 0 Å². The summed E-state index contributed by atoms with van der Waals surface area (Å²) in [6.45, 7) is 9.28. The highest BCUT2D eigenvalue weighted by atomic mass is 16.4. The number of para-hydroxylation sites is 1. The van der Waals surface area contributed by atoms with Crippen molar-refractivity contribution in [3.63, 3.8) is 0 Å². The van der Waals surface area contributed by atoms with Gasteiger partial charge < -0.3 is 79.4 Å². The molecular formula is C60H85N11O14. The summed E-state index contributed by atoms with van der Waals surface area (Å²) in [6, 6.07) is 9.21. The van der Waals surface area contributed by atoms with E-state index < -0.39 is 151 Å². The number of amides is 8. The van der Waals surface area contributed by atoms with Crippen molar-refractivity contribution in [3.05, 3.63) is 102 Å². The van der Waals surface area contributed by atoms with Gasteiger partial charge in [0.05, 0.1) is 12.6 Å². The molecule has 85 heavy (non-hydrogen) atoms. The number of fused-ring (bicyclic) bond motifs is 1. The van der Waals surface area contributed by atoms with E-state index in [1.54, 1.807) is 78.1 Å². The molecule has 0 fully saturated rings. The lowest BCUT2D eigenvalue weighted by molar-refractivity contribution is -0.143. The zero-order valence-corrected chi connectivity index (χ0v) is 49.0. The molecule has 3 aromatic carbocycles. The van der Waals surface area contributed by atoms with Crippen molar-refractivity contribution >= 4 is 70.1 Å². The Balaban J connectivity index is 1.56. The van der Waals surface area contributed by atoms with Crippen molar-refractivity contribution in [3.8, 4) is 5.75 Å². The quantitative estimate of drug-likeness (QED) is 0.0282. The highest BCUT2D eigenvalue weighted by molar-refractivity contribution is 5.98. The van der Waals surface area contributed by atoms with Crippen LogP contribution in [-0.4, -0.2) is 152 Å². The minimum atomic E-state index is -1.72. The van der Waals surface area contributed by atoms with Crippen molar-refractivity contribution < 1.29 is 68.4 Å². The number of carboxylic acid groups (broad SMARTS) is 2. The van der Waals surface area contributed by atoms with E-state index in [9.17, 15) is 68.4 Å². The Hall–Kier alpha value is -8.42. The van der Waals surface area contributed by atoms with Crippen molar-refractivity contribution in [1.29, 1.82) is 0 Å². The van der Waals surface area contributed by atoms with Crippen LogP contribution < -0.4 is 54.0 Å². The maximum absolute atomic E-state index is 14.6. The fraction of sp³-hybridized carbons (Fsp3) is 0.500. The molecule has 0 saturated carbocycles. The number of carbonyl (C=O) groups excluding carboxylic acids is 8. The zero-order valence-electron chi connectivity index (χ0n) is 49.0. The van der Waals surface area contributed by atoms with Crippen LogP contribution in [-0.2, 0) is 67.2 Å². The molecule has 0 saturated heterocycles. The molecule has 4 aromatic rings. The van der Waals surface area contributed by atoms with Gasteiger partial charge in [-0.3, -0.25) is 43.2 Å². The molecule has 0 aliphatic rings. The molecule has 11 atom stereocenters. The number of hydrogen-bond donors (Lipinski definition) is 15. The van der Waals surface area contributed by atoms with Crippen LogP contribution in [0.15, 0.2) is 85.1 Å². The second-order valence-electron chi connectivity index (χ2n) is 21.7. The number of aliphatic hydroxyl groups excluding tert-OH is 1. The molecule has 0 bridgehead atoms. The van der Waals surface area contributed by atoms with Gasteiger partial charge in [0, 0.05) is 36.4 Å². The maximum atomic E-state index is 14.6. The number of aromatic nitrogens is 1. The van der Waals surface area contributed by atoms with Gasteiger partial charge in [-0.05, 0) is 91.3 Å². The number of rotatable bonds is 36. The van der Waals surface area contributed by atoms with E-state index in [2.05, 4.69) is 47.5 Å². The minimum absolute atomic E-state index is 0.0598. The molecule has 8 amide bonds. The van der Waals surface area contributed by atoms with Gasteiger partial charge in [-0.15, -0.1) is 0 Å². The Morgan fingerprint density at radius 3 is 1.52 bits per heavy atom. The van der Waals surface area contributed by atoms with Crippen LogP contribution in [0.25, 0.3) is 10.9 Å².